The van der Waals surface area contributed by atoms with Crippen molar-refractivity contribution in [3.05, 3.63) is 5.82 Å². The molecule has 1 fully saturated rings. The Morgan fingerprint density at radius 1 is 1.33 bits per heavy atom. The first kappa shape index (κ1) is 14.1. The fourth-order valence-corrected chi connectivity index (χ4v) is 3.50. The Balaban J connectivity index is 2.20. The van der Waals surface area contributed by atoms with E-state index in [2.05, 4.69) is 30.0 Å². The molecular weight excluding hydrogens is 266 g/mol. The molecule has 18 heavy (non-hydrogen) atoms. The fraction of sp³-hybridized carbons (Fsp3) is 0.846. The van der Waals surface area contributed by atoms with Gasteiger partial charge < -0.3 is 4.90 Å². The summed E-state index contributed by atoms with van der Waals surface area (Å²) in [6, 6.07) is 0.426. The Morgan fingerprint density at radius 3 is 2.72 bits per heavy atom. The van der Waals surface area contributed by atoms with E-state index in [0.29, 0.717) is 11.9 Å². The highest BCUT2D eigenvalue weighted by atomic mass is 35.5. The average Bonchev–Trinajstić information content (AvgIpc) is 2.68. The molecule has 0 amide bonds. The fourth-order valence-electron chi connectivity index (χ4n) is 2.23. The molecule has 0 bridgehead atoms. The molecule has 0 aromatic carbocycles. The lowest BCUT2D eigenvalue weighted by Crippen LogP contribution is -2.36. The molecule has 2 rings (SSSR count). The van der Waals surface area contributed by atoms with Crippen LogP contribution in [-0.2, 0) is 5.41 Å². The molecule has 1 unspecified atom stereocenters. The van der Waals surface area contributed by atoms with E-state index in [-0.39, 0.29) is 5.41 Å². The van der Waals surface area contributed by atoms with Gasteiger partial charge in [-0.1, -0.05) is 33.6 Å². The Bertz CT molecular complexity index is 386. The summed E-state index contributed by atoms with van der Waals surface area (Å²) in [4.78, 5) is 7.09. The summed E-state index contributed by atoms with van der Waals surface area (Å²) < 4.78 is 4.51. The van der Waals surface area contributed by atoms with Crippen LogP contribution in [0.2, 0.25) is 0 Å². The minimum atomic E-state index is 0.0249. The molecule has 5 heteroatoms. The third-order valence-electron chi connectivity index (χ3n) is 3.39. The quantitative estimate of drug-likeness (QED) is 0.774. The zero-order chi connectivity index (χ0) is 13.2. The molecule has 1 atom stereocenters. The second-order valence-corrected chi connectivity index (χ2v) is 7.04. The standard InChI is InChI=1S/C13H22ClN3S/c1-13(2,3)11-15-12(18-16-11)17-8-6-4-5-7-10(17)9-14/h10H,4-9H2,1-3H3. The van der Waals surface area contributed by atoms with Gasteiger partial charge in [0, 0.05) is 35.4 Å². The average molecular weight is 288 g/mol. The van der Waals surface area contributed by atoms with Crippen LogP contribution in [0.25, 0.3) is 0 Å². The summed E-state index contributed by atoms with van der Waals surface area (Å²) >= 11 is 7.63. The highest BCUT2D eigenvalue weighted by Crippen LogP contribution is 2.29. The summed E-state index contributed by atoms with van der Waals surface area (Å²) in [6.45, 7) is 7.52. The second-order valence-electron chi connectivity index (χ2n) is 6.00. The Hall–Kier alpha value is -0.350. The van der Waals surface area contributed by atoms with E-state index >= 15 is 0 Å². The van der Waals surface area contributed by atoms with Crippen molar-refractivity contribution >= 4 is 28.3 Å². The van der Waals surface area contributed by atoms with Crippen molar-refractivity contribution < 1.29 is 0 Å². The van der Waals surface area contributed by atoms with Crippen LogP contribution in [0.15, 0.2) is 0 Å². The Kier molecular flexibility index (Phi) is 4.49. The number of alkyl halides is 1. The van der Waals surface area contributed by atoms with Gasteiger partial charge in [-0.25, -0.2) is 4.98 Å². The highest BCUT2D eigenvalue weighted by molar-refractivity contribution is 7.09. The van der Waals surface area contributed by atoms with Crippen molar-refractivity contribution in [1.82, 2.24) is 9.36 Å². The molecule has 1 aliphatic heterocycles. The van der Waals surface area contributed by atoms with Crippen LogP contribution in [0.3, 0.4) is 0 Å². The largest absolute Gasteiger partial charge is 0.343 e. The Morgan fingerprint density at radius 2 is 2.11 bits per heavy atom. The predicted octanol–water partition coefficient (Wildman–Crippen LogP) is 3.82. The van der Waals surface area contributed by atoms with E-state index in [1.807, 2.05) is 0 Å². The third-order valence-corrected chi connectivity index (χ3v) is 4.50. The van der Waals surface area contributed by atoms with Gasteiger partial charge in [0.25, 0.3) is 0 Å². The number of aromatic nitrogens is 2. The number of hydrogen-bond acceptors (Lipinski definition) is 4. The van der Waals surface area contributed by atoms with Gasteiger partial charge >= 0.3 is 0 Å². The lowest BCUT2D eigenvalue weighted by molar-refractivity contribution is 0.551. The van der Waals surface area contributed by atoms with E-state index in [1.54, 1.807) is 0 Å². The number of hydrogen-bond donors (Lipinski definition) is 0. The van der Waals surface area contributed by atoms with E-state index < -0.39 is 0 Å². The first-order valence-corrected chi connectivity index (χ1v) is 8.00. The summed E-state index contributed by atoms with van der Waals surface area (Å²) in [7, 11) is 0. The zero-order valence-electron chi connectivity index (χ0n) is 11.4. The summed E-state index contributed by atoms with van der Waals surface area (Å²) in [5.41, 5.74) is 0.0249. The lowest BCUT2D eigenvalue weighted by Gasteiger charge is -2.27. The molecule has 0 saturated carbocycles. The Labute approximate surface area is 119 Å². The molecule has 0 spiro atoms. The molecule has 2 heterocycles. The van der Waals surface area contributed by atoms with Gasteiger partial charge in [-0.2, -0.15) is 4.37 Å². The topological polar surface area (TPSA) is 29.0 Å². The van der Waals surface area contributed by atoms with Gasteiger partial charge in [0.2, 0.25) is 5.13 Å². The van der Waals surface area contributed by atoms with E-state index in [4.69, 9.17) is 16.6 Å². The molecule has 1 aliphatic rings. The zero-order valence-corrected chi connectivity index (χ0v) is 13.0. The van der Waals surface area contributed by atoms with E-state index in [1.165, 1.54) is 37.2 Å². The molecular formula is C13H22ClN3S. The maximum Gasteiger partial charge on any atom is 0.205 e. The first-order chi connectivity index (χ1) is 8.52. The molecule has 102 valence electrons. The maximum absolute atomic E-state index is 6.11. The van der Waals surface area contributed by atoms with Crippen molar-refractivity contribution in [1.29, 1.82) is 0 Å². The molecule has 0 N–H and O–H groups in total. The summed E-state index contributed by atoms with van der Waals surface area (Å²) in [5, 5.41) is 1.05. The van der Waals surface area contributed by atoms with Crippen LogP contribution in [0.5, 0.6) is 0 Å². The summed E-state index contributed by atoms with van der Waals surface area (Å²) in [5.74, 6) is 1.63. The van der Waals surface area contributed by atoms with Gasteiger partial charge in [0.15, 0.2) is 0 Å². The normalized spacial score (nSPS) is 22.0. The van der Waals surface area contributed by atoms with Gasteiger partial charge in [-0.15, -0.1) is 11.6 Å². The molecule has 1 aromatic heterocycles. The molecule has 0 aliphatic carbocycles. The van der Waals surface area contributed by atoms with Gasteiger partial charge in [-0.05, 0) is 12.8 Å². The van der Waals surface area contributed by atoms with Crippen molar-refractivity contribution in [2.75, 3.05) is 17.3 Å². The van der Waals surface area contributed by atoms with E-state index in [9.17, 15) is 0 Å². The minimum absolute atomic E-state index is 0.0249. The third kappa shape index (κ3) is 3.15. The van der Waals surface area contributed by atoms with Crippen LogP contribution in [0.1, 0.15) is 52.3 Å². The van der Waals surface area contributed by atoms with Crippen LogP contribution in [0, 0.1) is 0 Å². The van der Waals surface area contributed by atoms with Gasteiger partial charge in [0.05, 0.1) is 0 Å². The number of anilines is 1. The number of halogens is 1. The monoisotopic (exact) mass is 287 g/mol. The second kappa shape index (κ2) is 5.74. The molecule has 1 aromatic rings. The van der Waals surface area contributed by atoms with Gasteiger partial charge in [0.1, 0.15) is 5.82 Å². The maximum atomic E-state index is 6.11. The first-order valence-electron chi connectivity index (χ1n) is 6.69. The summed E-state index contributed by atoms with van der Waals surface area (Å²) in [6.07, 6.45) is 4.99. The van der Waals surface area contributed by atoms with Crippen molar-refractivity contribution in [3.8, 4) is 0 Å². The minimum Gasteiger partial charge on any atom is -0.343 e. The number of nitrogens with zero attached hydrogens (tertiary/aromatic N) is 3. The molecule has 1 saturated heterocycles. The van der Waals surface area contributed by atoms with Crippen LogP contribution in [0.4, 0.5) is 5.13 Å². The van der Waals surface area contributed by atoms with Crippen molar-refractivity contribution in [2.24, 2.45) is 0 Å². The van der Waals surface area contributed by atoms with Crippen LogP contribution >= 0.6 is 23.1 Å². The van der Waals surface area contributed by atoms with Gasteiger partial charge in [-0.3, -0.25) is 0 Å². The van der Waals surface area contributed by atoms with Crippen molar-refractivity contribution in [3.63, 3.8) is 0 Å². The van der Waals surface area contributed by atoms with Crippen molar-refractivity contribution in [2.45, 2.75) is 57.9 Å². The van der Waals surface area contributed by atoms with E-state index in [0.717, 1.165) is 17.5 Å². The van der Waals surface area contributed by atoms with Crippen LogP contribution < -0.4 is 4.90 Å². The SMILES string of the molecule is CC(C)(C)c1nsc(N2CCCCCC2CCl)n1. The highest BCUT2D eigenvalue weighted by Gasteiger charge is 2.26. The lowest BCUT2D eigenvalue weighted by atomic mass is 9.96. The molecule has 0 radical (unpaired) electrons. The van der Waals surface area contributed by atoms with Crippen LogP contribution in [-0.4, -0.2) is 27.8 Å². The number of rotatable bonds is 2. The predicted molar refractivity (Wildman–Crippen MR) is 78.9 cm³/mol. The smallest absolute Gasteiger partial charge is 0.205 e. The molecule has 3 nitrogen and oxygen atoms in total.